The predicted molar refractivity (Wildman–Crippen MR) is 65.7 cm³/mol. The molecule has 0 spiro atoms. The van der Waals surface area contributed by atoms with E-state index < -0.39 is 0 Å². The Morgan fingerprint density at radius 2 is 2.07 bits per heavy atom. The molecule has 4 heteroatoms. The van der Waals surface area contributed by atoms with E-state index >= 15 is 0 Å². The third-order valence-corrected chi connectivity index (χ3v) is 3.26. The largest absolute Gasteiger partial charge is 0.489 e. The molecule has 1 aliphatic rings. The second-order valence-electron chi connectivity index (χ2n) is 3.64. The van der Waals surface area contributed by atoms with Crippen LogP contribution >= 0.6 is 27.5 Å². The minimum absolute atomic E-state index is 0.296. The first kappa shape index (κ1) is 11.2. The summed E-state index contributed by atoms with van der Waals surface area (Å²) < 4.78 is 6.83. The molecule has 0 radical (unpaired) electrons. The molecule has 0 bridgehead atoms. The molecule has 1 aromatic rings. The number of piperidine rings is 1. The Hall–Kier alpha value is -0.250. The van der Waals surface area contributed by atoms with Crippen LogP contribution in [0.2, 0.25) is 5.02 Å². The van der Waals surface area contributed by atoms with Gasteiger partial charge in [0.1, 0.15) is 11.9 Å². The summed E-state index contributed by atoms with van der Waals surface area (Å²) in [6.45, 7) is 2.05. The molecule has 1 heterocycles. The van der Waals surface area contributed by atoms with Crippen LogP contribution in [0.15, 0.2) is 22.7 Å². The van der Waals surface area contributed by atoms with Gasteiger partial charge in [-0.25, -0.2) is 0 Å². The summed E-state index contributed by atoms with van der Waals surface area (Å²) in [6.07, 6.45) is 2.39. The van der Waals surface area contributed by atoms with Crippen molar-refractivity contribution in [2.75, 3.05) is 13.1 Å². The Kier molecular flexibility index (Phi) is 3.89. The van der Waals surface area contributed by atoms with Crippen molar-refractivity contribution in [2.24, 2.45) is 0 Å². The molecule has 2 nitrogen and oxygen atoms in total. The summed E-state index contributed by atoms with van der Waals surface area (Å²) in [7, 11) is 0. The lowest BCUT2D eigenvalue weighted by Crippen LogP contribution is -2.34. The summed E-state index contributed by atoms with van der Waals surface area (Å²) >= 11 is 9.45. The van der Waals surface area contributed by atoms with Crippen LogP contribution in [0.5, 0.6) is 5.75 Å². The average molecular weight is 291 g/mol. The van der Waals surface area contributed by atoms with Gasteiger partial charge in [0.15, 0.2) is 0 Å². The van der Waals surface area contributed by atoms with Gasteiger partial charge in [-0.3, -0.25) is 0 Å². The van der Waals surface area contributed by atoms with Crippen LogP contribution < -0.4 is 10.1 Å². The number of hydrogen-bond acceptors (Lipinski definition) is 2. The summed E-state index contributed by atoms with van der Waals surface area (Å²) in [5.41, 5.74) is 0. The zero-order valence-corrected chi connectivity index (χ0v) is 10.6. The number of nitrogens with one attached hydrogen (secondary N) is 1. The van der Waals surface area contributed by atoms with Crippen LogP contribution in [-0.4, -0.2) is 19.2 Å². The number of rotatable bonds is 2. The summed E-state index contributed by atoms with van der Waals surface area (Å²) in [4.78, 5) is 0. The molecule has 15 heavy (non-hydrogen) atoms. The van der Waals surface area contributed by atoms with E-state index in [1.165, 1.54) is 0 Å². The van der Waals surface area contributed by atoms with E-state index in [1.54, 1.807) is 0 Å². The number of hydrogen-bond donors (Lipinski definition) is 1. The van der Waals surface area contributed by atoms with E-state index in [9.17, 15) is 0 Å². The molecule has 0 aromatic heterocycles. The lowest BCUT2D eigenvalue weighted by atomic mass is 10.1. The molecule has 1 fully saturated rings. The van der Waals surface area contributed by atoms with E-state index in [2.05, 4.69) is 21.2 Å². The highest BCUT2D eigenvalue weighted by atomic mass is 79.9. The zero-order valence-electron chi connectivity index (χ0n) is 8.30. The molecule has 1 aromatic carbocycles. The quantitative estimate of drug-likeness (QED) is 0.903. The topological polar surface area (TPSA) is 21.3 Å². The van der Waals surface area contributed by atoms with Gasteiger partial charge in [0.2, 0.25) is 0 Å². The van der Waals surface area contributed by atoms with Crippen molar-refractivity contribution in [2.45, 2.75) is 18.9 Å². The smallest absolute Gasteiger partial charge is 0.138 e. The first-order valence-corrected chi connectivity index (χ1v) is 6.25. The Bertz CT molecular complexity index is 339. The Labute approximate surface area is 103 Å². The van der Waals surface area contributed by atoms with Crippen LogP contribution in [0.25, 0.3) is 0 Å². The molecule has 1 aliphatic heterocycles. The van der Waals surface area contributed by atoms with Gasteiger partial charge in [0.05, 0.1) is 5.02 Å². The second kappa shape index (κ2) is 5.19. The lowest BCUT2D eigenvalue weighted by Gasteiger charge is -2.24. The van der Waals surface area contributed by atoms with Gasteiger partial charge in [-0.2, -0.15) is 0 Å². The molecule has 2 rings (SSSR count). The first-order chi connectivity index (χ1) is 7.25. The van der Waals surface area contributed by atoms with Gasteiger partial charge in [-0.15, -0.1) is 0 Å². The fourth-order valence-electron chi connectivity index (χ4n) is 1.66. The molecule has 1 saturated heterocycles. The van der Waals surface area contributed by atoms with Gasteiger partial charge >= 0.3 is 0 Å². The third kappa shape index (κ3) is 3.10. The van der Waals surface area contributed by atoms with Gasteiger partial charge in [0, 0.05) is 4.47 Å². The van der Waals surface area contributed by atoms with Crippen LogP contribution in [0.1, 0.15) is 12.8 Å². The molecule has 82 valence electrons. The van der Waals surface area contributed by atoms with Crippen LogP contribution in [-0.2, 0) is 0 Å². The van der Waals surface area contributed by atoms with E-state index in [1.807, 2.05) is 18.2 Å². The standard InChI is InChI=1S/C11H13BrClNO/c12-8-1-2-11(10(13)7-8)15-9-3-5-14-6-4-9/h1-2,7,9,14H,3-6H2. The molecule has 0 atom stereocenters. The van der Waals surface area contributed by atoms with E-state index in [0.29, 0.717) is 11.1 Å². The van der Waals surface area contributed by atoms with Gasteiger partial charge < -0.3 is 10.1 Å². The van der Waals surface area contributed by atoms with Crippen LogP contribution in [0.3, 0.4) is 0 Å². The van der Waals surface area contributed by atoms with Crippen molar-refractivity contribution in [1.82, 2.24) is 5.32 Å². The SMILES string of the molecule is Clc1cc(Br)ccc1OC1CCNCC1. The normalized spacial score (nSPS) is 17.7. The molecule has 0 aliphatic carbocycles. The van der Waals surface area contributed by atoms with Crippen LogP contribution in [0, 0.1) is 0 Å². The molecular weight excluding hydrogens is 277 g/mol. The number of ether oxygens (including phenoxy) is 1. The Morgan fingerprint density at radius 3 is 2.73 bits per heavy atom. The minimum atomic E-state index is 0.296. The highest BCUT2D eigenvalue weighted by Crippen LogP contribution is 2.29. The maximum Gasteiger partial charge on any atom is 0.138 e. The number of halogens is 2. The van der Waals surface area contributed by atoms with Crippen molar-refractivity contribution >= 4 is 27.5 Å². The molecule has 0 amide bonds. The molecular formula is C11H13BrClNO. The van der Waals surface area contributed by atoms with E-state index in [-0.39, 0.29) is 0 Å². The summed E-state index contributed by atoms with van der Waals surface area (Å²) in [5.74, 6) is 0.784. The van der Waals surface area contributed by atoms with Crippen molar-refractivity contribution in [1.29, 1.82) is 0 Å². The average Bonchev–Trinajstić information content (AvgIpc) is 2.24. The lowest BCUT2D eigenvalue weighted by molar-refractivity contribution is 0.162. The van der Waals surface area contributed by atoms with Gasteiger partial charge in [-0.05, 0) is 44.1 Å². The minimum Gasteiger partial charge on any atom is -0.489 e. The van der Waals surface area contributed by atoms with Crippen molar-refractivity contribution < 1.29 is 4.74 Å². The fourth-order valence-corrected chi connectivity index (χ4v) is 2.38. The Morgan fingerprint density at radius 1 is 1.33 bits per heavy atom. The maximum absolute atomic E-state index is 6.08. The van der Waals surface area contributed by atoms with Crippen LogP contribution in [0.4, 0.5) is 0 Å². The highest BCUT2D eigenvalue weighted by molar-refractivity contribution is 9.10. The molecule has 0 saturated carbocycles. The molecule has 1 N–H and O–H groups in total. The highest BCUT2D eigenvalue weighted by Gasteiger charge is 2.15. The molecule has 0 unspecified atom stereocenters. The van der Waals surface area contributed by atoms with Gasteiger partial charge in [0.25, 0.3) is 0 Å². The van der Waals surface area contributed by atoms with E-state index in [4.69, 9.17) is 16.3 Å². The number of benzene rings is 1. The summed E-state index contributed by atoms with van der Waals surface area (Å²) in [5, 5.41) is 3.97. The first-order valence-electron chi connectivity index (χ1n) is 5.08. The monoisotopic (exact) mass is 289 g/mol. The van der Waals surface area contributed by atoms with E-state index in [0.717, 1.165) is 36.2 Å². The fraction of sp³-hybridized carbons (Fsp3) is 0.455. The summed E-state index contributed by atoms with van der Waals surface area (Å²) in [6, 6.07) is 5.72. The zero-order chi connectivity index (χ0) is 10.7. The van der Waals surface area contributed by atoms with Crippen molar-refractivity contribution in [3.8, 4) is 5.75 Å². The Balaban J connectivity index is 2.03. The third-order valence-electron chi connectivity index (χ3n) is 2.47. The second-order valence-corrected chi connectivity index (χ2v) is 4.96. The van der Waals surface area contributed by atoms with Crippen molar-refractivity contribution in [3.05, 3.63) is 27.7 Å². The maximum atomic E-state index is 6.08. The van der Waals surface area contributed by atoms with Crippen molar-refractivity contribution in [3.63, 3.8) is 0 Å². The predicted octanol–water partition coefficient (Wildman–Crippen LogP) is 3.23. The van der Waals surface area contributed by atoms with Gasteiger partial charge in [-0.1, -0.05) is 27.5 Å².